The minimum atomic E-state index is -4.55. The van der Waals surface area contributed by atoms with Crippen molar-refractivity contribution in [1.82, 2.24) is 14.7 Å². The molecule has 1 aromatic heterocycles. The Balaban J connectivity index is 2.04. The van der Waals surface area contributed by atoms with E-state index >= 15 is 0 Å². The highest BCUT2D eigenvalue weighted by atomic mass is 19.4. The van der Waals surface area contributed by atoms with Crippen molar-refractivity contribution in [2.75, 3.05) is 18.4 Å². The van der Waals surface area contributed by atoms with Gasteiger partial charge in [-0.1, -0.05) is 6.07 Å². The Morgan fingerprint density at radius 2 is 1.88 bits per heavy atom. The second-order valence-corrected chi connectivity index (χ2v) is 5.50. The molecule has 0 aliphatic heterocycles. The number of hydrogen-bond donors (Lipinski definition) is 1. The van der Waals surface area contributed by atoms with E-state index in [9.17, 15) is 22.8 Å². The lowest BCUT2D eigenvalue weighted by molar-refractivity contribution is -0.141. The maximum Gasteiger partial charge on any atom is 0.435 e. The van der Waals surface area contributed by atoms with Gasteiger partial charge in [-0.15, -0.1) is 0 Å². The minimum Gasteiger partial charge on any atom is -0.339 e. The van der Waals surface area contributed by atoms with Gasteiger partial charge in [-0.25, -0.2) is 0 Å². The monoisotopic (exact) mass is 368 g/mol. The number of halogens is 3. The van der Waals surface area contributed by atoms with Crippen molar-refractivity contribution in [3.8, 4) is 0 Å². The molecule has 9 heteroatoms. The van der Waals surface area contributed by atoms with E-state index in [1.165, 1.54) is 6.07 Å². The van der Waals surface area contributed by atoms with Crippen LogP contribution in [0.15, 0.2) is 36.5 Å². The molecule has 0 radical (unpaired) electrons. The Kier molecular flexibility index (Phi) is 6.01. The molecule has 26 heavy (non-hydrogen) atoms. The highest BCUT2D eigenvalue weighted by molar-refractivity contribution is 5.97. The molecule has 2 aromatic rings. The van der Waals surface area contributed by atoms with Gasteiger partial charge < -0.3 is 10.2 Å². The fourth-order valence-electron chi connectivity index (χ4n) is 2.37. The molecule has 0 aliphatic rings. The molecule has 140 valence electrons. The van der Waals surface area contributed by atoms with Crippen LogP contribution >= 0.6 is 0 Å². The average molecular weight is 368 g/mol. The fourth-order valence-corrected chi connectivity index (χ4v) is 2.37. The van der Waals surface area contributed by atoms with Crippen molar-refractivity contribution in [3.63, 3.8) is 0 Å². The number of aromatic nitrogens is 2. The van der Waals surface area contributed by atoms with Crippen LogP contribution in [0.3, 0.4) is 0 Å². The van der Waals surface area contributed by atoms with Crippen LogP contribution in [0.2, 0.25) is 0 Å². The molecule has 0 bridgehead atoms. The molecule has 0 saturated carbocycles. The predicted molar refractivity (Wildman–Crippen MR) is 89.6 cm³/mol. The quantitative estimate of drug-likeness (QED) is 0.852. The van der Waals surface area contributed by atoms with Gasteiger partial charge in [0.25, 0.3) is 5.91 Å². The van der Waals surface area contributed by atoms with Gasteiger partial charge in [0.1, 0.15) is 6.54 Å². The van der Waals surface area contributed by atoms with Crippen molar-refractivity contribution in [3.05, 3.63) is 47.8 Å². The molecule has 0 atom stereocenters. The molecule has 1 aromatic carbocycles. The number of alkyl halides is 3. The number of benzene rings is 1. The van der Waals surface area contributed by atoms with E-state index in [0.29, 0.717) is 24.3 Å². The van der Waals surface area contributed by atoms with Gasteiger partial charge in [-0.2, -0.15) is 18.3 Å². The summed E-state index contributed by atoms with van der Waals surface area (Å²) in [5, 5.41) is 5.88. The van der Waals surface area contributed by atoms with Gasteiger partial charge >= 0.3 is 6.18 Å². The first-order chi connectivity index (χ1) is 12.2. The largest absolute Gasteiger partial charge is 0.435 e. The van der Waals surface area contributed by atoms with Crippen LogP contribution in [0.1, 0.15) is 29.9 Å². The van der Waals surface area contributed by atoms with Crippen LogP contribution < -0.4 is 5.32 Å². The molecule has 0 saturated heterocycles. The molecule has 0 spiro atoms. The highest BCUT2D eigenvalue weighted by Crippen LogP contribution is 2.27. The van der Waals surface area contributed by atoms with Crippen molar-refractivity contribution in [1.29, 1.82) is 0 Å². The second kappa shape index (κ2) is 8.03. The number of rotatable bonds is 6. The zero-order valence-corrected chi connectivity index (χ0v) is 14.4. The zero-order valence-electron chi connectivity index (χ0n) is 14.4. The summed E-state index contributed by atoms with van der Waals surface area (Å²) in [6.45, 7) is 4.49. The van der Waals surface area contributed by atoms with Gasteiger partial charge in [-0.3, -0.25) is 14.3 Å². The van der Waals surface area contributed by atoms with E-state index in [2.05, 4.69) is 10.4 Å². The van der Waals surface area contributed by atoms with Crippen molar-refractivity contribution < 1.29 is 22.8 Å². The van der Waals surface area contributed by atoms with Crippen molar-refractivity contribution in [2.45, 2.75) is 26.6 Å². The van der Waals surface area contributed by atoms with Gasteiger partial charge in [0.2, 0.25) is 5.91 Å². The zero-order chi connectivity index (χ0) is 19.3. The first-order valence-electron chi connectivity index (χ1n) is 8.04. The van der Waals surface area contributed by atoms with E-state index in [-0.39, 0.29) is 12.5 Å². The predicted octanol–water partition coefficient (Wildman–Crippen LogP) is 3.02. The summed E-state index contributed by atoms with van der Waals surface area (Å²) in [6, 6.07) is 7.20. The summed E-state index contributed by atoms with van der Waals surface area (Å²) in [5.74, 6) is -0.706. The van der Waals surface area contributed by atoms with E-state index in [4.69, 9.17) is 0 Å². The Morgan fingerprint density at radius 3 is 2.46 bits per heavy atom. The summed E-state index contributed by atoms with van der Waals surface area (Å²) < 4.78 is 38.5. The number of carbonyl (C=O) groups is 2. The number of carbonyl (C=O) groups excluding carboxylic acids is 2. The first-order valence-corrected chi connectivity index (χ1v) is 8.04. The lowest BCUT2D eigenvalue weighted by Crippen LogP contribution is -2.30. The number of hydrogen-bond acceptors (Lipinski definition) is 3. The van der Waals surface area contributed by atoms with Gasteiger partial charge in [0.15, 0.2) is 5.69 Å². The molecule has 0 aliphatic carbocycles. The van der Waals surface area contributed by atoms with Gasteiger partial charge in [0.05, 0.1) is 0 Å². The van der Waals surface area contributed by atoms with Crippen LogP contribution in [0, 0.1) is 0 Å². The first kappa shape index (κ1) is 19.5. The Labute approximate surface area is 148 Å². The number of nitrogens with zero attached hydrogens (tertiary/aromatic N) is 3. The summed E-state index contributed by atoms with van der Waals surface area (Å²) >= 11 is 0. The molecular formula is C17H19F3N4O2. The SMILES string of the molecule is CCN(CC)C(=O)c1cccc(NC(=O)Cn2ccc(C(F)(F)F)n2)c1. The normalized spacial score (nSPS) is 11.3. The van der Waals surface area contributed by atoms with Crippen LogP contribution in [0.25, 0.3) is 0 Å². The van der Waals surface area contributed by atoms with Crippen LogP contribution in [0.5, 0.6) is 0 Å². The Morgan fingerprint density at radius 1 is 1.19 bits per heavy atom. The Hall–Kier alpha value is -2.84. The van der Waals surface area contributed by atoms with E-state index < -0.39 is 17.8 Å². The van der Waals surface area contributed by atoms with Crippen molar-refractivity contribution in [2.24, 2.45) is 0 Å². The molecule has 0 fully saturated rings. The maximum atomic E-state index is 12.5. The summed E-state index contributed by atoms with van der Waals surface area (Å²) in [6.07, 6.45) is -3.47. The molecule has 0 unspecified atom stereocenters. The third-order valence-electron chi connectivity index (χ3n) is 3.68. The smallest absolute Gasteiger partial charge is 0.339 e. The van der Waals surface area contributed by atoms with Gasteiger partial charge in [-0.05, 0) is 38.1 Å². The molecule has 2 rings (SSSR count). The van der Waals surface area contributed by atoms with Gasteiger partial charge in [0, 0.05) is 30.5 Å². The van der Waals surface area contributed by atoms with Crippen LogP contribution in [-0.2, 0) is 17.5 Å². The summed E-state index contributed by atoms with van der Waals surface area (Å²) in [7, 11) is 0. The molecule has 2 amide bonds. The second-order valence-electron chi connectivity index (χ2n) is 5.50. The Bertz CT molecular complexity index is 782. The fraction of sp³-hybridized carbons (Fsp3) is 0.353. The minimum absolute atomic E-state index is 0.159. The summed E-state index contributed by atoms with van der Waals surface area (Å²) in [4.78, 5) is 26.0. The molecule has 1 heterocycles. The number of nitrogens with one attached hydrogen (secondary N) is 1. The lowest BCUT2D eigenvalue weighted by Gasteiger charge is -2.19. The third-order valence-corrected chi connectivity index (χ3v) is 3.68. The average Bonchev–Trinajstić information content (AvgIpc) is 3.04. The number of anilines is 1. The van der Waals surface area contributed by atoms with Crippen molar-refractivity contribution >= 4 is 17.5 Å². The molecular weight excluding hydrogens is 349 g/mol. The number of amides is 2. The third kappa shape index (κ3) is 4.84. The molecule has 6 nitrogen and oxygen atoms in total. The topological polar surface area (TPSA) is 67.2 Å². The van der Waals surface area contributed by atoms with Crippen LogP contribution in [-0.4, -0.2) is 39.6 Å². The maximum absolute atomic E-state index is 12.5. The molecule has 1 N–H and O–H groups in total. The van der Waals surface area contributed by atoms with Crippen LogP contribution in [0.4, 0.5) is 18.9 Å². The van der Waals surface area contributed by atoms with E-state index in [0.717, 1.165) is 16.9 Å². The van der Waals surface area contributed by atoms with E-state index in [1.54, 1.807) is 23.1 Å². The van der Waals surface area contributed by atoms with E-state index in [1.807, 2.05) is 13.8 Å². The standard InChI is InChI=1S/C17H19F3N4O2/c1-3-23(4-2)16(26)12-6-5-7-13(10-12)21-15(25)11-24-9-8-14(22-24)17(18,19)20/h5-10H,3-4,11H2,1-2H3,(H,21,25). The highest BCUT2D eigenvalue weighted by Gasteiger charge is 2.33. The summed E-state index contributed by atoms with van der Waals surface area (Å²) in [5.41, 5.74) is -0.252. The lowest BCUT2D eigenvalue weighted by atomic mass is 10.1.